The number of Topliss-reactive ketones (excluding diaryl/α,β-unsaturated/α-hetero) is 2. The summed E-state index contributed by atoms with van der Waals surface area (Å²) in [6, 6.07) is 0. The van der Waals surface area contributed by atoms with Crippen LogP contribution in [0.2, 0.25) is 0 Å². The van der Waals surface area contributed by atoms with Crippen LogP contribution in [-0.4, -0.2) is 57.6 Å². The van der Waals surface area contributed by atoms with Gasteiger partial charge in [0.15, 0.2) is 17.4 Å². The van der Waals surface area contributed by atoms with E-state index in [0.29, 0.717) is 25.2 Å². The van der Waals surface area contributed by atoms with E-state index in [1.807, 2.05) is 26.8 Å². The van der Waals surface area contributed by atoms with E-state index >= 15 is 0 Å². The first kappa shape index (κ1) is 30.0. The van der Waals surface area contributed by atoms with E-state index in [2.05, 4.69) is 10.3 Å². The van der Waals surface area contributed by atoms with Crippen LogP contribution in [-0.2, 0) is 20.8 Å². The largest absolute Gasteiger partial charge is 0.448 e. The molecule has 2 N–H and O–H groups in total. The topological polar surface area (TPSA) is 130 Å². The fourth-order valence-electron chi connectivity index (χ4n) is 4.89. The van der Waals surface area contributed by atoms with Gasteiger partial charge in [0, 0.05) is 38.8 Å². The van der Waals surface area contributed by atoms with Crippen molar-refractivity contribution in [3.05, 3.63) is 65.6 Å². The average Bonchev–Trinajstić information content (AvgIpc) is 3.56. The fraction of sp³-hybridized carbons (Fsp3) is 0.500. The maximum Gasteiger partial charge on any atom is 0.280 e. The summed E-state index contributed by atoms with van der Waals surface area (Å²) in [5.41, 5.74) is 1.21. The van der Waals surface area contributed by atoms with Crippen molar-refractivity contribution >= 4 is 23.4 Å². The van der Waals surface area contributed by atoms with Crippen LogP contribution in [0.1, 0.15) is 69.8 Å². The zero-order valence-corrected chi connectivity index (χ0v) is 23.2. The molecule has 2 amide bonds. The molecule has 39 heavy (non-hydrogen) atoms. The SMILES string of the molecule is CC1=C\[C@@H](O)CC(=O)CCc2nc(co2)C(=O)N2CCC=C2C(=O)CC(C(C)C)[C@H](C)/C=C/C(=O)NC\C=C\1. The number of amides is 2. The van der Waals surface area contributed by atoms with Crippen LogP contribution < -0.4 is 5.32 Å². The predicted molar refractivity (Wildman–Crippen MR) is 146 cm³/mol. The van der Waals surface area contributed by atoms with Gasteiger partial charge in [-0.1, -0.05) is 56.7 Å². The molecule has 9 nitrogen and oxygen atoms in total. The number of hydrogen-bond acceptors (Lipinski definition) is 7. The second-order valence-corrected chi connectivity index (χ2v) is 10.6. The van der Waals surface area contributed by atoms with Crippen LogP contribution in [0.4, 0.5) is 0 Å². The Bertz CT molecular complexity index is 1190. The summed E-state index contributed by atoms with van der Waals surface area (Å²) in [5, 5.41) is 13.0. The Morgan fingerprint density at radius 1 is 1.13 bits per heavy atom. The lowest BCUT2D eigenvalue weighted by Crippen LogP contribution is -2.33. The van der Waals surface area contributed by atoms with Crippen LogP contribution in [0, 0.1) is 17.8 Å². The average molecular weight is 538 g/mol. The quantitative estimate of drug-likeness (QED) is 0.559. The molecule has 0 aliphatic carbocycles. The van der Waals surface area contributed by atoms with Gasteiger partial charge in [-0.2, -0.15) is 0 Å². The van der Waals surface area contributed by atoms with Gasteiger partial charge in [-0.15, -0.1) is 0 Å². The Balaban J connectivity index is 1.83. The number of oxazole rings is 1. The Labute approximate surface area is 229 Å². The van der Waals surface area contributed by atoms with E-state index in [-0.39, 0.29) is 72.5 Å². The number of nitrogens with zero attached hydrogens (tertiary/aromatic N) is 2. The lowest BCUT2D eigenvalue weighted by molar-refractivity contribution is -0.120. The molecule has 2 aliphatic rings. The van der Waals surface area contributed by atoms with Gasteiger partial charge in [-0.05, 0) is 37.2 Å². The van der Waals surface area contributed by atoms with Crippen molar-refractivity contribution in [3.8, 4) is 0 Å². The maximum absolute atomic E-state index is 13.3. The first-order valence-electron chi connectivity index (χ1n) is 13.6. The van der Waals surface area contributed by atoms with Crippen LogP contribution in [0.25, 0.3) is 0 Å². The minimum atomic E-state index is -0.944. The second-order valence-electron chi connectivity index (χ2n) is 10.6. The molecular weight excluding hydrogens is 498 g/mol. The monoisotopic (exact) mass is 537 g/mol. The van der Waals surface area contributed by atoms with Gasteiger partial charge < -0.3 is 19.7 Å². The summed E-state index contributed by atoms with van der Waals surface area (Å²) in [6.45, 7) is 8.56. The molecule has 9 heteroatoms. The highest BCUT2D eigenvalue weighted by Gasteiger charge is 2.32. The summed E-state index contributed by atoms with van der Waals surface area (Å²) in [5.74, 6) is -0.596. The smallest absolute Gasteiger partial charge is 0.280 e. The number of hydrogen-bond donors (Lipinski definition) is 2. The van der Waals surface area contributed by atoms with Gasteiger partial charge in [0.05, 0.1) is 11.8 Å². The number of fused-ring (bicyclic) bond motifs is 3. The highest BCUT2D eigenvalue weighted by Crippen LogP contribution is 2.29. The van der Waals surface area contributed by atoms with Gasteiger partial charge in [0.25, 0.3) is 5.91 Å². The fourth-order valence-corrected chi connectivity index (χ4v) is 4.89. The number of rotatable bonds is 1. The molecule has 3 heterocycles. The Morgan fingerprint density at radius 3 is 2.64 bits per heavy atom. The molecule has 2 bridgehead atoms. The summed E-state index contributed by atoms with van der Waals surface area (Å²) in [7, 11) is 0. The summed E-state index contributed by atoms with van der Waals surface area (Å²) in [4.78, 5) is 56.9. The molecule has 0 saturated carbocycles. The molecule has 0 fully saturated rings. The van der Waals surface area contributed by atoms with Crippen LogP contribution in [0.5, 0.6) is 0 Å². The van der Waals surface area contributed by atoms with Gasteiger partial charge in [-0.3, -0.25) is 19.2 Å². The molecular formula is C30H39N3O6. The number of allylic oxidation sites excluding steroid dienone is 4. The van der Waals surface area contributed by atoms with E-state index in [9.17, 15) is 24.3 Å². The van der Waals surface area contributed by atoms with Crippen LogP contribution in [0.15, 0.2) is 58.4 Å². The Morgan fingerprint density at radius 2 is 1.90 bits per heavy atom. The highest BCUT2D eigenvalue weighted by molar-refractivity contribution is 6.03. The molecule has 1 aromatic heterocycles. The first-order chi connectivity index (χ1) is 18.5. The summed E-state index contributed by atoms with van der Waals surface area (Å²) < 4.78 is 5.43. The molecule has 0 spiro atoms. The van der Waals surface area contributed by atoms with E-state index in [4.69, 9.17) is 4.42 Å². The van der Waals surface area contributed by atoms with Crippen molar-refractivity contribution in [3.63, 3.8) is 0 Å². The Kier molecular flexibility index (Phi) is 10.7. The third-order valence-corrected chi connectivity index (χ3v) is 7.07. The number of ketones is 2. The number of aliphatic hydroxyl groups excluding tert-OH is 1. The third kappa shape index (κ3) is 8.71. The molecule has 0 aromatic carbocycles. The minimum absolute atomic E-state index is 0.0270. The Hall–Kier alpha value is -3.59. The number of nitrogens with one attached hydrogen (secondary N) is 1. The van der Waals surface area contributed by atoms with Gasteiger partial charge >= 0.3 is 0 Å². The summed E-state index contributed by atoms with van der Waals surface area (Å²) >= 11 is 0. The molecule has 0 saturated heterocycles. The van der Waals surface area contributed by atoms with E-state index < -0.39 is 12.0 Å². The number of aromatic nitrogens is 1. The summed E-state index contributed by atoms with van der Waals surface area (Å²) in [6.07, 6.45) is 11.6. The number of aryl methyl sites for hydroxylation is 1. The van der Waals surface area contributed by atoms with E-state index in [1.165, 1.54) is 17.2 Å². The molecule has 1 aromatic rings. The van der Waals surface area contributed by atoms with Crippen molar-refractivity contribution in [1.29, 1.82) is 0 Å². The van der Waals surface area contributed by atoms with Gasteiger partial charge in [-0.25, -0.2) is 4.98 Å². The van der Waals surface area contributed by atoms with Crippen molar-refractivity contribution in [2.75, 3.05) is 13.1 Å². The van der Waals surface area contributed by atoms with Gasteiger partial charge in [0.1, 0.15) is 12.0 Å². The zero-order chi connectivity index (χ0) is 28.5. The molecule has 210 valence electrons. The second kappa shape index (κ2) is 14.0. The standard InChI is InChI=1S/C30H39N3O6/c1-19(2)24-17-27(36)26-8-6-14-33(26)30(38)25-18-39-29(32-25)12-10-22(34)16-23(35)15-20(3)7-5-13-31-28(37)11-9-21(24)4/h5,7-9,11,15,18-19,21,23-24,35H,6,10,12-14,16-17H2,1-4H3,(H,31,37)/b7-5+,11-9+,20-15+/t21-,23-,24?/m1/s1. The molecule has 1 unspecified atom stereocenters. The van der Waals surface area contributed by atoms with Crippen molar-refractivity contribution < 1.29 is 28.7 Å². The zero-order valence-electron chi connectivity index (χ0n) is 23.2. The maximum atomic E-state index is 13.3. The van der Waals surface area contributed by atoms with Crippen molar-refractivity contribution in [1.82, 2.24) is 15.2 Å². The van der Waals surface area contributed by atoms with Crippen LogP contribution in [0.3, 0.4) is 0 Å². The third-order valence-electron chi connectivity index (χ3n) is 7.07. The normalized spacial score (nSPS) is 27.7. The number of aliphatic hydroxyl groups is 1. The van der Waals surface area contributed by atoms with E-state index in [1.54, 1.807) is 31.2 Å². The molecule has 3 rings (SSSR count). The van der Waals surface area contributed by atoms with Gasteiger partial charge in [0.2, 0.25) is 5.91 Å². The van der Waals surface area contributed by atoms with Crippen LogP contribution >= 0.6 is 0 Å². The lowest BCUT2D eigenvalue weighted by atomic mass is 9.80. The molecule has 3 atom stereocenters. The predicted octanol–water partition coefficient (Wildman–Crippen LogP) is 3.71. The van der Waals surface area contributed by atoms with E-state index in [0.717, 1.165) is 5.57 Å². The number of carbonyl (C=O) groups excluding carboxylic acids is 4. The lowest BCUT2D eigenvalue weighted by Gasteiger charge is -2.26. The van der Waals surface area contributed by atoms with Crippen molar-refractivity contribution in [2.24, 2.45) is 17.8 Å². The molecule has 0 radical (unpaired) electrons. The first-order valence-corrected chi connectivity index (χ1v) is 13.6. The van der Waals surface area contributed by atoms with Crippen molar-refractivity contribution in [2.45, 2.75) is 65.9 Å². The minimum Gasteiger partial charge on any atom is -0.448 e. The number of carbonyl (C=O) groups is 4. The molecule has 2 aliphatic heterocycles. The highest BCUT2D eigenvalue weighted by atomic mass is 16.3.